The number of fused-ring (bicyclic) bond motifs is 1. The molecule has 0 spiro atoms. The number of hydrogen-bond donors (Lipinski definition) is 1. The van der Waals surface area contributed by atoms with Crippen LogP contribution in [0.25, 0.3) is 10.9 Å². The second kappa shape index (κ2) is 6.45. The van der Waals surface area contributed by atoms with Gasteiger partial charge in [-0.05, 0) is 31.0 Å². The number of aromatic amines is 1. The van der Waals surface area contributed by atoms with Crippen LogP contribution in [-0.4, -0.2) is 30.8 Å². The van der Waals surface area contributed by atoms with Crippen molar-refractivity contribution in [3.05, 3.63) is 40.2 Å². The van der Waals surface area contributed by atoms with Crippen LogP contribution in [0.1, 0.15) is 31.2 Å². The summed E-state index contributed by atoms with van der Waals surface area (Å²) in [5.41, 5.74) is -2.07. The Balaban J connectivity index is 2.14. The largest absolute Gasteiger partial charge is 0.417 e. The molecule has 2 heterocycles. The van der Waals surface area contributed by atoms with Crippen LogP contribution in [0.15, 0.2) is 34.0 Å². The van der Waals surface area contributed by atoms with E-state index in [0.29, 0.717) is 19.2 Å². The number of alkyl halides is 3. The van der Waals surface area contributed by atoms with E-state index >= 15 is 0 Å². The summed E-state index contributed by atoms with van der Waals surface area (Å²) in [6.07, 6.45) is -1.42. The zero-order valence-electron chi connectivity index (χ0n) is 13.3. The lowest BCUT2D eigenvalue weighted by molar-refractivity contribution is -0.136. The number of nitrogens with zero attached hydrogens (tertiary/aromatic N) is 1. The van der Waals surface area contributed by atoms with Crippen molar-refractivity contribution < 1.29 is 21.6 Å². The van der Waals surface area contributed by atoms with E-state index in [-0.39, 0.29) is 15.8 Å². The third-order valence-electron chi connectivity index (χ3n) is 4.32. The molecule has 2 aromatic rings. The third kappa shape index (κ3) is 3.57. The molecule has 0 saturated carbocycles. The molecule has 1 aliphatic rings. The summed E-state index contributed by atoms with van der Waals surface area (Å²) >= 11 is 0. The highest BCUT2D eigenvalue weighted by molar-refractivity contribution is 7.89. The standard InChI is InChI=1S/C16H17F3N2O3S/c17-16(18,19)13-10-15(22)20-14-6-5-11(9-12(13)14)25(23,24)21-7-3-1-2-4-8-21/h5-6,9-10H,1-4,7-8H2,(H,20,22). The first-order valence-corrected chi connectivity index (χ1v) is 9.38. The van der Waals surface area contributed by atoms with Crippen LogP contribution >= 0.6 is 0 Å². The fourth-order valence-corrected chi connectivity index (χ4v) is 4.60. The molecule has 0 amide bonds. The summed E-state index contributed by atoms with van der Waals surface area (Å²) in [6.45, 7) is 0.718. The van der Waals surface area contributed by atoms with E-state index in [4.69, 9.17) is 0 Å². The number of pyridine rings is 1. The van der Waals surface area contributed by atoms with Crippen LogP contribution in [-0.2, 0) is 16.2 Å². The minimum atomic E-state index is -4.75. The molecule has 1 fully saturated rings. The van der Waals surface area contributed by atoms with Gasteiger partial charge in [0.25, 0.3) is 0 Å². The summed E-state index contributed by atoms with van der Waals surface area (Å²) in [4.78, 5) is 13.5. The highest BCUT2D eigenvalue weighted by atomic mass is 32.2. The van der Waals surface area contributed by atoms with Gasteiger partial charge in [-0.3, -0.25) is 4.79 Å². The molecular formula is C16H17F3N2O3S. The van der Waals surface area contributed by atoms with Gasteiger partial charge in [-0.2, -0.15) is 17.5 Å². The molecule has 1 N–H and O–H groups in total. The van der Waals surface area contributed by atoms with Crippen LogP contribution in [0.3, 0.4) is 0 Å². The topological polar surface area (TPSA) is 70.2 Å². The average molecular weight is 374 g/mol. The van der Waals surface area contributed by atoms with Crippen LogP contribution in [0.5, 0.6) is 0 Å². The Morgan fingerprint density at radius 1 is 1.00 bits per heavy atom. The van der Waals surface area contributed by atoms with Gasteiger partial charge in [-0.25, -0.2) is 8.42 Å². The van der Waals surface area contributed by atoms with Crippen molar-refractivity contribution in [1.29, 1.82) is 0 Å². The maximum atomic E-state index is 13.2. The summed E-state index contributed by atoms with van der Waals surface area (Å²) < 4.78 is 66.6. The number of benzene rings is 1. The SMILES string of the molecule is O=c1cc(C(F)(F)F)c2cc(S(=O)(=O)N3CCCCCC3)ccc2[nH]1. The second-order valence-corrected chi connectivity index (χ2v) is 8.01. The highest BCUT2D eigenvalue weighted by Crippen LogP contribution is 2.34. The number of rotatable bonds is 2. The monoisotopic (exact) mass is 374 g/mol. The van der Waals surface area contributed by atoms with Gasteiger partial charge in [0.05, 0.1) is 10.5 Å². The van der Waals surface area contributed by atoms with Crippen molar-refractivity contribution in [2.24, 2.45) is 0 Å². The minimum absolute atomic E-state index is 0.0466. The summed E-state index contributed by atoms with van der Waals surface area (Å²) in [5, 5.41) is -0.331. The van der Waals surface area contributed by atoms with Gasteiger partial charge in [-0.15, -0.1) is 0 Å². The predicted octanol–water partition coefficient (Wildman–Crippen LogP) is 3.11. The Labute approximate surface area is 142 Å². The molecule has 0 atom stereocenters. The van der Waals surface area contributed by atoms with Crippen LogP contribution in [0, 0.1) is 0 Å². The van der Waals surface area contributed by atoms with Crippen LogP contribution < -0.4 is 5.56 Å². The number of hydrogen-bond acceptors (Lipinski definition) is 3. The van der Waals surface area contributed by atoms with E-state index < -0.39 is 27.3 Å². The molecule has 1 aromatic heterocycles. The summed E-state index contributed by atoms with van der Waals surface area (Å²) in [5.74, 6) is 0. The van der Waals surface area contributed by atoms with Crippen molar-refractivity contribution in [1.82, 2.24) is 9.29 Å². The molecule has 0 radical (unpaired) electrons. The van der Waals surface area contributed by atoms with E-state index in [1.807, 2.05) is 0 Å². The van der Waals surface area contributed by atoms with Gasteiger partial charge in [0.15, 0.2) is 0 Å². The Morgan fingerprint density at radius 3 is 2.24 bits per heavy atom. The van der Waals surface area contributed by atoms with E-state index in [1.165, 1.54) is 16.4 Å². The average Bonchev–Trinajstić information content (AvgIpc) is 2.82. The van der Waals surface area contributed by atoms with Crippen molar-refractivity contribution in [2.75, 3.05) is 13.1 Å². The normalized spacial score (nSPS) is 17.6. The maximum absolute atomic E-state index is 13.2. The first-order chi connectivity index (χ1) is 11.7. The predicted molar refractivity (Wildman–Crippen MR) is 86.8 cm³/mol. The lowest BCUT2D eigenvalue weighted by Gasteiger charge is -2.20. The molecule has 5 nitrogen and oxygen atoms in total. The number of halogens is 3. The third-order valence-corrected chi connectivity index (χ3v) is 6.22. The smallest absolute Gasteiger partial charge is 0.322 e. The van der Waals surface area contributed by atoms with Crippen molar-refractivity contribution >= 4 is 20.9 Å². The fourth-order valence-electron chi connectivity index (χ4n) is 3.06. The number of aromatic nitrogens is 1. The molecule has 136 valence electrons. The summed E-state index contributed by atoms with van der Waals surface area (Å²) in [7, 11) is -3.88. The molecule has 25 heavy (non-hydrogen) atoms. The Morgan fingerprint density at radius 2 is 1.64 bits per heavy atom. The lowest BCUT2D eigenvalue weighted by Crippen LogP contribution is -2.32. The Hall–Kier alpha value is -1.87. The highest BCUT2D eigenvalue weighted by Gasteiger charge is 2.34. The second-order valence-electron chi connectivity index (χ2n) is 6.07. The Bertz CT molecular complexity index is 943. The first kappa shape index (κ1) is 17.9. The molecule has 3 rings (SSSR count). The molecule has 1 saturated heterocycles. The van der Waals surface area contributed by atoms with Gasteiger partial charge in [0.1, 0.15) is 0 Å². The van der Waals surface area contributed by atoms with Crippen molar-refractivity contribution in [2.45, 2.75) is 36.8 Å². The van der Waals surface area contributed by atoms with Gasteiger partial charge in [-0.1, -0.05) is 12.8 Å². The minimum Gasteiger partial charge on any atom is -0.322 e. The molecule has 0 bridgehead atoms. The van der Waals surface area contributed by atoms with E-state index in [9.17, 15) is 26.4 Å². The zero-order valence-corrected chi connectivity index (χ0v) is 14.1. The van der Waals surface area contributed by atoms with Crippen molar-refractivity contribution in [3.8, 4) is 0 Å². The molecule has 0 aliphatic carbocycles. The molecule has 0 unspecified atom stereocenters. The Kier molecular flexibility index (Phi) is 4.63. The van der Waals surface area contributed by atoms with E-state index in [1.54, 1.807) is 0 Å². The quantitative estimate of drug-likeness (QED) is 0.878. The van der Waals surface area contributed by atoms with Crippen LogP contribution in [0.2, 0.25) is 0 Å². The molecule has 1 aliphatic heterocycles. The van der Waals surface area contributed by atoms with Gasteiger partial charge < -0.3 is 4.98 Å². The van der Waals surface area contributed by atoms with Crippen LogP contribution in [0.4, 0.5) is 13.2 Å². The first-order valence-electron chi connectivity index (χ1n) is 7.94. The van der Waals surface area contributed by atoms with E-state index in [2.05, 4.69) is 4.98 Å². The number of nitrogens with one attached hydrogen (secondary N) is 1. The molecular weight excluding hydrogens is 357 g/mol. The molecule has 1 aromatic carbocycles. The van der Waals surface area contributed by atoms with Gasteiger partial charge in [0, 0.05) is 30.1 Å². The van der Waals surface area contributed by atoms with Gasteiger partial charge in [0.2, 0.25) is 15.6 Å². The number of sulfonamides is 1. The zero-order chi connectivity index (χ0) is 18.2. The lowest BCUT2D eigenvalue weighted by atomic mass is 10.1. The van der Waals surface area contributed by atoms with Crippen molar-refractivity contribution in [3.63, 3.8) is 0 Å². The molecule has 9 heteroatoms. The fraction of sp³-hybridized carbons (Fsp3) is 0.438. The van der Waals surface area contributed by atoms with Gasteiger partial charge >= 0.3 is 6.18 Å². The number of H-pyrrole nitrogens is 1. The maximum Gasteiger partial charge on any atom is 0.417 e. The van der Waals surface area contributed by atoms with E-state index in [0.717, 1.165) is 31.7 Å². The summed E-state index contributed by atoms with van der Waals surface area (Å²) in [6, 6.07) is 3.88.